The van der Waals surface area contributed by atoms with E-state index in [9.17, 15) is 14.9 Å². The van der Waals surface area contributed by atoms with E-state index in [0.717, 1.165) is 6.42 Å². The Morgan fingerprint density at radius 3 is 2.74 bits per heavy atom. The maximum absolute atomic E-state index is 11.8. The van der Waals surface area contributed by atoms with E-state index in [1.807, 2.05) is 0 Å². The average Bonchev–Trinajstić information content (AvgIpc) is 2.42. The summed E-state index contributed by atoms with van der Waals surface area (Å²) in [5.41, 5.74) is -0.174. The smallest absolute Gasteiger partial charge is 0.285 e. The highest BCUT2D eigenvalue weighted by molar-refractivity contribution is 5.24. The molecule has 0 spiro atoms. The molecule has 2 bridgehead atoms. The Hall–Kier alpha value is -1.91. The van der Waals surface area contributed by atoms with Crippen LogP contribution in [0.15, 0.2) is 35.3 Å². The number of fused-ring (bicyclic) bond motifs is 2. The van der Waals surface area contributed by atoms with E-state index >= 15 is 0 Å². The van der Waals surface area contributed by atoms with Crippen LogP contribution in [0.25, 0.3) is 0 Å². The van der Waals surface area contributed by atoms with Gasteiger partial charge in [0.1, 0.15) is 0 Å². The molecule has 3 atom stereocenters. The van der Waals surface area contributed by atoms with Gasteiger partial charge in [0.25, 0.3) is 11.2 Å². The van der Waals surface area contributed by atoms with Crippen LogP contribution in [-0.4, -0.2) is 9.49 Å². The van der Waals surface area contributed by atoms with Gasteiger partial charge < -0.3 is 4.57 Å². The third-order valence-corrected chi connectivity index (χ3v) is 4.32. The molecule has 0 aromatic carbocycles. The van der Waals surface area contributed by atoms with Crippen LogP contribution in [0.4, 0.5) is 5.69 Å². The third-order valence-electron chi connectivity index (χ3n) is 4.32. The lowest BCUT2D eigenvalue weighted by atomic mass is 9.69. The van der Waals surface area contributed by atoms with Crippen LogP contribution in [0, 0.1) is 27.9 Å². The molecule has 3 aliphatic rings. The van der Waals surface area contributed by atoms with Crippen molar-refractivity contribution in [3.8, 4) is 0 Å². The van der Waals surface area contributed by atoms with Crippen LogP contribution in [-0.2, 0) is 6.54 Å². The van der Waals surface area contributed by atoms with Gasteiger partial charge in [-0.25, -0.2) is 0 Å². The van der Waals surface area contributed by atoms with Crippen molar-refractivity contribution in [1.82, 2.24) is 4.57 Å². The summed E-state index contributed by atoms with van der Waals surface area (Å²) in [7, 11) is 0. The van der Waals surface area contributed by atoms with Crippen LogP contribution in [0.2, 0.25) is 0 Å². The fourth-order valence-corrected chi connectivity index (χ4v) is 3.28. The minimum atomic E-state index is -0.455. The van der Waals surface area contributed by atoms with Gasteiger partial charge in [0.15, 0.2) is 0 Å². The van der Waals surface area contributed by atoms with Crippen LogP contribution in [0.3, 0.4) is 0 Å². The van der Waals surface area contributed by atoms with Gasteiger partial charge >= 0.3 is 0 Å². The largest absolute Gasteiger partial charge is 0.309 e. The standard InChI is InChI=1S/C14H16N2O3/c17-14-6-5-13(16(18)19)9-15(14)8-12-7-10-1-3-11(12)4-2-10/h1,3,5-6,9-12H,2,4,7-8H2/t10-,11+,12+/m1/s1. The number of allylic oxidation sites excluding steroid dienone is 2. The van der Waals surface area contributed by atoms with Crippen LogP contribution in [0.1, 0.15) is 19.3 Å². The molecule has 0 saturated heterocycles. The van der Waals surface area contributed by atoms with Crippen molar-refractivity contribution in [3.05, 3.63) is 50.9 Å². The molecule has 1 aromatic heterocycles. The van der Waals surface area contributed by atoms with Gasteiger partial charge in [0.05, 0.1) is 11.1 Å². The lowest BCUT2D eigenvalue weighted by Gasteiger charge is -2.38. The predicted molar refractivity (Wildman–Crippen MR) is 70.8 cm³/mol. The number of nitro groups is 1. The zero-order valence-corrected chi connectivity index (χ0v) is 10.6. The number of pyridine rings is 1. The molecule has 19 heavy (non-hydrogen) atoms. The number of rotatable bonds is 3. The second-order valence-corrected chi connectivity index (χ2v) is 5.52. The predicted octanol–water partition coefficient (Wildman–Crippen LogP) is 2.36. The molecule has 5 nitrogen and oxygen atoms in total. The molecule has 0 unspecified atom stereocenters. The number of nitrogens with zero attached hydrogens (tertiary/aromatic N) is 2. The van der Waals surface area contributed by atoms with Gasteiger partial charge in [-0.05, 0) is 37.0 Å². The molecule has 3 aliphatic carbocycles. The Balaban J connectivity index is 1.83. The van der Waals surface area contributed by atoms with Gasteiger partial charge in [-0.1, -0.05) is 12.2 Å². The molecule has 1 saturated carbocycles. The summed E-state index contributed by atoms with van der Waals surface area (Å²) in [6.45, 7) is 0.589. The molecule has 1 aromatic rings. The molecule has 1 heterocycles. The summed E-state index contributed by atoms with van der Waals surface area (Å²) < 4.78 is 1.50. The summed E-state index contributed by atoms with van der Waals surface area (Å²) in [6.07, 6.45) is 9.41. The highest BCUT2D eigenvalue weighted by Gasteiger charge is 2.32. The summed E-state index contributed by atoms with van der Waals surface area (Å²) in [4.78, 5) is 22.1. The van der Waals surface area contributed by atoms with E-state index < -0.39 is 4.92 Å². The molecule has 0 N–H and O–H groups in total. The monoisotopic (exact) mass is 260 g/mol. The second kappa shape index (κ2) is 4.64. The van der Waals surface area contributed by atoms with E-state index in [2.05, 4.69) is 12.2 Å². The normalized spacial score (nSPS) is 28.5. The average molecular weight is 260 g/mol. The van der Waals surface area contributed by atoms with Gasteiger partial charge in [-0.3, -0.25) is 14.9 Å². The second-order valence-electron chi connectivity index (χ2n) is 5.52. The van der Waals surface area contributed by atoms with E-state index in [0.29, 0.717) is 24.3 Å². The van der Waals surface area contributed by atoms with Crippen molar-refractivity contribution in [3.63, 3.8) is 0 Å². The number of hydrogen-bond donors (Lipinski definition) is 0. The first-order chi connectivity index (χ1) is 9.13. The molecule has 100 valence electrons. The Kier molecular flexibility index (Phi) is 2.97. The molecule has 0 amide bonds. The van der Waals surface area contributed by atoms with E-state index in [4.69, 9.17) is 0 Å². The van der Waals surface area contributed by atoms with Crippen molar-refractivity contribution < 1.29 is 4.92 Å². The minimum absolute atomic E-state index is 0.0175. The zero-order valence-electron chi connectivity index (χ0n) is 10.6. The van der Waals surface area contributed by atoms with Crippen LogP contribution in [0.5, 0.6) is 0 Å². The van der Waals surface area contributed by atoms with Crippen molar-refractivity contribution in [1.29, 1.82) is 0 Å². The van der Waals surface area contributed by atoms with Gasteiger partial charge in [-0.2, -0.15) is 0 Å². The lowest BCUT2D eigenvalue weighted by Crippen LogP contribution is -2.33. The third kappa shape index (κ3) is 2.32. The Bertz CT molecular complexity index is 591. The zero-order chi connectivity index (χ0) is 13.4. The molecule has 0 radical (unpaired) electrons. The van der Waals surface area contributed by atoms with Gasteiger partial charge in [0, 0.05) is 18.7 Å². The van der Waals surface area contributed by atoms with E-state index in [1.165, 1.54) is 35.7 Å². The summed E-state index contributed by atoms with van der Waals surface area (Å²) in [5, 5.41) is 10.8. The van der Waals surface area contributed by atoms with E-state index in [1.54, 1.807) is 0 Å². The van der Waals surface area contributed by atoms with E-state index in [-0.39, 0.29) is 11.2 Å². The molecule has 5 heteroatoms. The Labute approximate surface area is 110 Å². The first kappa shape index (κ1) is 12.1. The first-order valence-electron chi connectivity index (χ1n) is 6.66. The summed E-state index contributed by atoms with van der Waals surface area (Å²) >= 11 is 0. The molecule has 0 aliphatic heterocycles. The maximum atomic E-state index is 11.8. The van der Waals surface area contributed by atoms with Crippen LogP contribution < -0.4 is 5.56 Å². The Morgan fingerprint density at radius 1 is 1.32 bits per heavy atom. The van der Waals surface area contributed by atoms with Crippen molar-refractivity contribution >= 4 is 5.69 Å². The quantitative estimate of drug-likeness (QED) is 0.476. The molecule has 1 fully saturated rings. The van der Waals surface area contributed by atoms with Gasteiger partial charge in [0.2, 0.25) is 0 Å². The topological polar surface area (TPSA) is 65.1 Å². The highest BCUT2D eigenvalue weighted by atomic mass is 16.6. The van der Waals surface area contributed by atoms with Crippen molar-refractivity contribution in [2.24, 2.45) is 17.8 Å². The fourth-order valence-electron chi connectivity index (χ4n) is 3.28. The van der Waals surface area contributed by atoms with Crippen molar-refractivity contribution in [2.45, 2.75) is 25.8 Å². The molecular formula is C14H16N2O3. The fraction of sp³-hybridized carbons (Fsp3) is 0.500. The first-order valence-corrected chi connectivity index (χ1v) is 6.66. The molecule has 4 rings (SSSR count). The Morgan fingerprint density at radius 2 is 2.16 bits per heavy atom. The highest BCUT2D eigenvalue weighted by Crippen LogP contribution is 2.40. The van der Waals surface area contributed by atoms with Gasteiger partial charge in [-0.15, -0.1) is 0 Å². The SMILES string of the molecule is O=c1ccc([N+](=O)[O-])cn1C[C@@H]1C[C@@H]2C=C[C@H]1CC2. The summed E-state index contributed by atoms with van der Waals surface area (Å²) in [5.74, 6) is 1.59. The number of hydrogen-bond acceptors (Lipinski definition) is 3. The van der Waals surface area contributed by atoms with Crippen LogP contribution >= 0.6 is 0 Å². The maximum Gasteiger partial charge on any atom is 0.285 e. The summed E-state index contributed by atoms with van der Waals surface area (Å²) in [6, 6.07) is 2.56. The van der Waals surface area contributed by atoms with Crippen molar-refractivity contribution in [2.75, 3.05) is 0 Å². The number of aromatic nitrogens is 1. The lowest BCUT2D eigenvalue weighted by molar-refractivity contribution is -0.385. The molecular weight excluding hydrogens is 244 g/mol. The minimum Gasteiger partial charge on any atom is -0.309 e.